The van der Waals surface area contributed by atoms with E-state index in [0.717, 1.165) is 30.9 Å². The van der Waals surface area contributed by atoms with Gasteiger partial charge in [-0.15, -0.1) is 16.4 Å². The van der Waals surface area contributed by atoms with Crippen molar-refractivity contribution < 1.29 is 0 Å². The van der Waals surface area contributed by atoms with Crippen LogP contribution in [-0.2, 0) is 20.0 Å². The molecule has 0 aliphatic rings. The maximum absolute atomic E-state index is 4.41. The smallest absolute Gasteiger partial charge is 0.0964 e. The molecule has 86 valence electrons. The topological polar surface area (TPSA) is 55.6 Å². The lowest BCUT2D eigenvalue weighted by Gasteiger charge is -1.99. The Labute approximate surface area is 98.5 Å². The third kappa shape index (κ3) is 3.11. The van der Waals surface area contributed by atoms with Gasteiger partial charge in [0.2, 0.25) is 0 Å². The fourth-order valence-corrected chi connectivity index (χ4v) is 2.18. The lowest BCUT2D eigenvalue weighted by molar-refractivity contribution is 0.668. The summed E-state index contributed by atoms with van der Waals surface area (Å²) in [6, 6.07) is 0. The molecular formula is C10H15N5S. The van der Waals surface area contributed by atoms with E-state index < -0.39 is 0 Å². The second-order valence-electron chi connectivity index (χ2n) is 3.69. The number of hydrogen-bond acceptors (Lipinski definition) is 5. The zero-order chi connectivity index (χ0) is 11.4. The van der Waals surface area contributed by atoms with Crippen LogP contribution in [0.3, 0.4) is 0 Å². The van der Waals surface area contributed by atoms with Crippen molar-refractivity contribution in [2.24, 2.45) is 7.05 Å². The number of hydrogen-bond donors (Lipinski definition) is 1. The monoisotopic (exact) mass is 237 g/mol. The average molecular weight is 237 g/mol. The Kier molecular flexibility index (Phi) is 3.63. The molecule has 2 rings (SSSR count). The molecular weight excluding hydrogens is 222 g/mol. The SMILES string of the molecule is Cc1csc(CCNCc2cn(C)nn2)n1. The number of aromatic nitrogens is 4. The van der Waals surface area contributed by atoms with Crippen LogP contribution in [0.5, 0.6) is 0 Å². The summed E-state index contributed by atoms with van der Waals surface area (Å²) in [4.78, 5) is 4.41. The van der Waals surface area contributed by atoms with Crippen LogP contribution in [0.2, 0.25) is 0 Å². The molecule has 0 aliphatic carbocycles. The molecule has 5 nitrogen and oxygen atoms in total. The molecule has 0 aliphatic heterocycles. The summed E-state index contributed by atoms with van der Waals surface area (Å²) in [5.41, 5.74) is 2.08. The lowest BCUT2D eigenvalue weighted by atomic mass is 10.4. The number of rotatable bonds is 5. The minimum Gasteiger partial charge on any atom is -0.311 e. The maximum atomic E-state index is 4.41. The number of nitrogens with one attached hydrogen (secondary N) is 1. The van der Waals surface area contributed by atoms with Crippen LogP contribution in [0.1, 0.15) is 16.4 Å². The third-order valence-corrected chi connectivity index (χ3v) is 3.16. The van der Waals surface area contributed by atoms with Crippen molar-refractivity contribution >= 4 is 11.3 Å². The zero-order valence-corrected chi connectivity index (χ0v) is 10.3. The molecule has 0 spiro atoms. The molecule has 6 heteroatoms. The van der Waals surface area contributed by atoms with Gasteiger partial charge in [-0.3, -0.25) is 4.68 Å². The minimum absolute atomic E-state index is 0.762. The van der Waals surface area contributed by atoms with E-state index in [9.17, 15) is 0 Å². The highest BCUT2D eigenvalue weighted by Gasteiger charge is 2.00. The molecule has 0 bridgehead atoms. The molecule has 0 aromatic carbocycles. The van der Waals surface area contributed by atoms with Gasteiger partial charge in [0.05, 0.1) is 10.7 Å². The molecule has 0 fully saturated rings. The van der Waals surface area contributed by atoms with Gasteiger partial charge in [-0.05, 0) is 6.92 Å². The van der Waals surface area contributed by atoms with Crippen LogP contribution in [0.4, 0.5) is 0 Å². The molecule has 0 amide bonds. The van der Waals surface area contributed by atoms with Gasteiger partial charge in [0.25, 0.3) is 0 Å². The molecule has 1 N–H and O–H groups in total. The summed E-state index contributed by atoms with van der Waals surface area (Å²) < 4.78 is 1.71. The van der Waals surface area contributed by atoms with Crippen LogP contribution in [-0.4, -0.2) is 26.5 Å². The van der Waals surface area contributed by atoms with E-state index in [4.69, 9.17) is 0 Å². The quantitative estimate of drug-likeness (QED) is 0.785. The first kappa shape index (κ1) is 11.2. The second kappa shape index (κ2) is 5.18. The molecule has 2 aromatic rings. The summed E-state index contributed by atoms with van der Waals surface area (Å²) in [5.74, 6) is 0. The minimum atomic E-state index is 0.762. The number of thiazole rings is 1. The third-order valence-electron chi connectivity index (χ3n) is 2.14. The first-order chi connectivity index (χ1) is 7.74. The Morgan fingerprint density at radius 3 is 3.00 bits per heavy atom. The van der Waals surface area contributed by atoms with E-state index in [1.807, 2.05) is 20.2 Å². The fourth-order valence-electron chi connectivity index (χ4n) is 1.41. The fraction of sp³-hybridized carbons (Fsp3) is 0.500. The van der Waals surface area contributed by atoms with Gasteiger partial charge in [0, 0.05) is 43.8 Å². The molecule has 0 saturated carbocycles. The highest BCUT2D eigenvalue weighted by atomic mass is 32.1. The lowest BCUT2D eigenvalue weighted by Crippen LogP contribution is -2.16. The van der Waals surface area contributed by atoms with Gasteiger partial charge in [-0.2, -0.15) is 0 Å². The Bertz CT molecular complexity index is 405. The zero-order valence-electron chi connectivity index (χ0n) is 9.47. The van der Waals surface area contributed by atoms with Gasteiger partial charge in [-0.1, -0.05) is 5.21 Å². The van der Waals surface area contributed by atoms with E-state index in [1.165, 1.54) is 5.01 Å². The molecule has 16 heavy (non-hydrogen) atoms. The highest BCUT2D eigenvalue weighted by molar-refractivity contribution is 7.09. The number of nitrogens with zero attached hydrogens (tertiary/aromatic N) is 4. The molecule has 2 aromatic heterocycles. The van der Waals surface area contributed by atoms with Crippen LogP contribution in [0, 0.1) is 6.92 Å². The maximum Gasteiger partial charge on any atom is 0.0964 e. The van der Waals surface area contributed by atoms with E-state index in [1.54, 1.807) is 16.0 Å². The predicted octanol–water partition coefficient (Wildman–Crippen LogP) is 0.912. The van der Waals surface area contributed by atoms with Crippen molar-refractivity contribution in [3.63, 3.8) is 0 Å². The summed E-state index contributed by atoms with van der Waals surface area (Å²) in [6.07, 6.45) is 2.89. The first-order valence-electron chi connectivity index (χ1n) is 5.21. The Morgan fingerprint density at radius 1 is 1.50 bits per heavy atom. The normalized spacial score (nSPS) is 10.9. The Balaban J connectivity index is 1.69. The van der Waals surface area contributed by atoms with E-state index in [-0.39, 0.29) is 0 Å². The Hall–Kier alpha value is -1.27. The highest BCUT2D eigenvalue weighted by Crippen LogP contribution is 2.08. The van der Waals surface area contributed by atoms with E-state index in [2.05, 4.69) is 26.0 Å². The van der Waals surface area contributed by atoms with Crippen molar-refractivity contribution in [3.8, 4) is 0 Å². The molecule has 0 radical (unpaired) electrons. The van der Waals surface area contributed by atoms with Gasteiger partial charge >= 0.3 is 0 Å². The molecule has 0 atom stereocenters. The van der Waals surface area contributed by atoms with Crippen molar-refractivity contribution in [1.82, 2.24) is 25.3 Å². The van der Waals surface area contributed by atoms with Crippen LogP contribution >= 0.6 is 11.3 Å². The summed E-state index contributed by atoms with van der Waals surface area (Å²) >= 11 is 1.72. The van der Waals surface area contributed by atoms with Crippen molar-refractivity contribution in [2.45, 2.75) is 19.9 Å². The van der Waals surface area contributed by atoms with Crippen LogP contribution in [0.25, 0.3) is 0 Å². The first-order valence-corrected chi connectivity index (χ1v) is 6.09. The number of aryl methyl sites for hydroxylation is 2. The summed E-state index contributed by atoms with van der Waals surface area (Å²) in [5, 5.41) is 14.5. The molecule has 0 saturated heterocycles. The predicted molar refractivity (Wildman–Crippen MR) is 63.3 cm³/mol. The van der Waals surface area contributed by atoms with Gasteiger partial charge in [0.15, 0.2) is 0 Å². The average Bonchev–Trinajstić information content (AvgIpc) is 2.83. The van der Waals surface area contributed by atoms with Crippen molar-refractivity contribution in [2.75, 3.05) is 6.54 Å². The second-order valence-corrected chi connectivity index (χ2v) is 4.64. The van der Waals surface area contributed by atoms with Gasteiger partial charge < -0.3 is 5.32 Å². The van der Waals surface area contributed by atoms with Crippen LogP contribution in [0.15, 0.2) is 11.6 Å². The van der Waals surface area contributed by atoms with E-state index in [0.29, 0.717) is 0 Å². The summed E-state index contributed by atoms with van der Waals surface area (Å²) in [7, 11) is 1.87. The summed E-state index contributed by atoms with van der Waals surface area (Å²) in [6.45, 7) is 3.70. The van der Waals surface area contributed by atoms with Gasteiger partial charge in [-0.25, -0.2) is 4.98 Å². The molecule has 0 unspecified atom stereocenters. The molecule has 2 heterocycles. The van der Waals surface area contributed by atoms with E-state index >= 15 is 0 Å². The van der Waals surface area contributed by atoms with Gasteiger partial charge in [0.1, 0.15) is 0 Å². The Morgan fingerprint density at radius 2 is 2.38 bits per heavy atom. The van der Waals surface area contributed by atoms with Crippen LogP contribution < -0.4 is 5.32 Å². The van der Waals surface area contributed by atoms with Crippen molar-refractivity contribution in [1.29, 1.82) is 0 Å². The largest absolute Gasteiger partial charge is 0.311 e. The van der Waals surface area contributed by atoms with Crippen molar-refractivity contribution in [3.05, 3.63) is 28.0 Å². The standard InChI is InChI=1S/C10H15N5S/c1-8-7-16-10(12-8)3-4-11-5-9-6-15(2)14-13-9/h6-7,11H,3-5H2,1-2H3.